The lowest BCUT2D eigenvalue weighted by molar-refractivity contribution is 0.320. The molecule has 0 fully saturated rings. The zero-order valence-electron chi connectivity index (χ0n) is 10.4. The van der Waals surface area contributed by atoms with Crippen LogP contribution in [0.3, 0.4) is 0 Å². The maximum Gasteiger partial charge on any atom is 0.243 e. The summed E-state index contributed by atoms with van der Waals surface area (Å²) in [5.41, 5.74) is 2.48. The van der Waals surface area contributed by atoms with Crippen LogP contribution in [0.15, 0.2) is 42.5 Å². The predicted molar refractivity (Wildman–Crippen MR) is 74.6 cm³/mol. The van der Waals surface area contributed by atoms with E-state index in [2.05, 4.69) is 10.1 Å². The minimum Gasteiger partial charge on any atom is -0.476 e. The summed E-state index contributed by atoms with van der Waals surface area (Å²) in [6.45, 7) is 2.47. The Morgan fingerprint density at radius 3 is 2.68 bits per heavy atom. The smallest absolute Gasteiger partial charge is 0.243 e. The van der Waals surface area contributed by atoms with Crippen molar-refractivity contribution < 1.29 is 4.74 Å². The second kappa shape index (κ2) is 4.90. The fourth-order valence-electron chi connectivity index (χ4n) is 1.94. The maximum absolute atomic E-state index is 5.93. The molecule has 0 saturated heterocycles. The van der Waals surface area contributed by atoms with Gasteiger partial charge in [-0.15, -0.1) is 0 Å². The largest absolute Gasteiger partial charge is 0.476 e. The van der Waals surface area contributed by atoms with Gasteiger partial charge in [0.1, 0.15) is 10.8 Å². The predicted octanol–water partition coefficient (Wildman–Crippen LogP) is 3.45. The van der Waals surface area contributed by atoms with Crippen LogP contribution in [0.5, 0.6) is 5.88 Å². The number of benzene rings is 1. The second-order valence-electron chi connectivity index (χ2n) is 3.99. The third-order valence-corrected chi connectivity index (χ3v) is 2.93. The highest BCUT2D eigenvalue weighted by atomic mass is 35.5. The van der Waals surface area contributed by atoms with Crippen molar-refractivity contribution >= 4 is 17.2 Å². The monoisotopic (exact) mass is 273 g/mol. The Labute approximate surface area is 115 Å². The van der Waals surface area contributed by atoms with Gasteiger partial charge in [-0.05, 0) is 19.1 Å². The first-order chi connectivity index (χ1) is 9.29. The van der Waals surface area contributed by atoms with Crippen LogP contribution in [0.1, 0.15) is 6.92 Å². The molecule has 0 aliphatic carbocycles. The van der Waals surface area contributed by atoms with Gasteiger partial charge in [-0.2, -0.15) is 9.61 Å². The molecule has 3 rings (SSSR count). The molecule has 0 radical (unpaired) electrons. The Morgan fingerprint density at radius 2 is 1.95 bits per heavy atom. The number of hydrogen-bond acceptors (Lipinski definition) is 3. The van der Waals surface area contributed by atoms with Gasteiger partial charge in [-0.3, -0.25) is 0 Å². The van der Waals surface area contributed by atoms with Crippen molar-refractivity contribution in [1.82, 2.24) is 14.6 Å². The van der Waals surface area contributed by atoms with E-state index < -0.39 is 0 Å². The maximum atomic E-state index is 5.93. The third kappa shape index (κ3) is 2.15. The highest BCUT2D eigenvalue weighted by Gasteiger charge is 2.16. The SMILES string of the molecule is CCOc1c(-c2ccccc2)nc2ccc(Cl)nn12. The molecule has 0 amide bonds. The van der Waals surface area contributed by atoms with E-state index in [-0.39, 0.29) is 0 Å². The minimum atomic E-state index is 0.408. The van der Waals surface area contributed by atoms with Crippen molar-refractivity contribution in [2.24, 2.45) is 0 Å². The van der Waals surface area contributed by atoms with Gasteiger partial charge in [0, 0.05) is 5.56 Å². The highest BCUT2D eigenvalue weighted by molar-refractivity contribution is 6.29. The van der Waals surface area contributed by atoms with Crippen molar-refractivity contribution in [2.45, 2.75) is 6.92 Å². The Kier molecular flexibility index (Phi) is 3.09. The number of fused-ring (bicyclic) bond motifs is 1. The van der Waals surface area contributed by atoms with Crippen LogP contribution < -0.4 is 4.74 Å². The average Bonchev–Trinajstić information content (AvgIpc) is 2.79. The summed E-state index contributed by atoms with van der Waals surface area (Å²) in [6.07, 6.45) is 0. The van der Waals surface area contributed by atoms with E-state index in [0.29, 0.717) is 23.3 Å². The number of aromatic nitrogens is 3. The summed E-state index contributed by atoms with van der Waals surface area (Å²) < 4.78 is 7.31. The van der Waals surface area contributed by atoms with Crippen LogP contribution in [0.2, 0.25) is 5.15 Å². The standard InChI is InChI=1S/C14H12ClN3O/c1-2-19-14-13(10-6-4-3-5-7-10)16-12-9-8-11(15)17-18(12)14/h3-9H,2H2,1H3. The Hall–Kier alpha value is -2.07. The van der Waals surface area contributed by atoms with Crippen molar-refractivity contribution in [3.63, 3.8) is 0 Å². The number of halogens is 1. The lowest BCUT2D eigenvalue weighted by atomic mass is 10.2. The quantitative estimate of drug-likeness (QED) is 0.734. The van der Waals surface area contributed by atoms with E-state index in [0.717, 1.165) is 11.3 Å². The van der Waals surface area contributed by atoms with Crippen molar-refractivity contribution in [2.75, 3.05) is 6.61 Å². The molecule has 0 aliphatic rings. The first-order valence-corrected chi connectivity index (χ1v) is 6.41. The van der Waals surface area contributed by atoms with Crippen LogP contribution >= 0.6 is 11.6 Å². The van der Waals surface area contributed by atoms with E-state index in [1.54, 1.807) is 10.6 Å². The Morgan fingerprint density at radius 1 is 1.16 bits per heavy atom. The van der Waals surface area contributed by atoms with E-state index >= 15 is 0 Å². The summed E-state index contributed by atoms with van der Waals surface area (Å²) >= 11 is 5.93. The molecular formula is C14H12ClN3O. The summed E-state index contributed by atoms with van der Waals surface area (Å²) in [4.78, 5) is 4.56. The first-order valence-electron chi connectivity index (χ1n) is 6.03. The minimum absolute atomic E-state index is 0.408. The van der Waals surface area contributed by atoms with Crippen LogP contribution in [0, 0.1) is 0 Å². The Bertz CT molecular complexity index is 709. The molecule has 0 atom stereocenters. The third-order valence-electron chi connectivity index (χ3n) is 2.73. The molecule has 0 unspecified atom stereocenters. The molecule has 96 valence electrons. The van der Waals surface area contributed by atoms with Crippen molar-refractivity contribution in [1.29, 1.82) is 0 Å². The average molecular weight is 274 g/mol. The molecule has 19 heavy (non-hydrogen) atoms. The van der Waals surface area contributed by atoms with E-state index in [1.807, 2.05) is 43.3 Å². The lowest BCUT2D eigenvalue weighted by Gasteiger charge is -2.04. The molecule has 2 aromatic heterocycles. The van der Waals surface area contributed by atoms with Gasteiger partial charge in [-0.25, -0.2) is 4.98 Å². The zero-order chi connectivity index (χ0) is 13.2. The zero-order valence-corrected chi connectivity index (χ0v) is 11.1. The molecule has 5 heteroatoms. The summed E-state index contributed by atoms with van der Waals surface area (Å²) in [7, 11) is 0. The highest BCUT2D eigenvalue weighted by Crippen LogP contribution is 2.30. The van der Waals surface area contributed by atoms with E-state index in [1.165, 1.54) is 0 Å². The molecule has 3 aromatic rings. The molecular weight excluding hydrogens is 262 g/mol. The first kappa shape index (κ1) is 12.0. The molecule has 4 nitrogen and oxygen atoms in total. The topological polar surface area (TPSA) is 39.4 Å². The Balaban J connectivity index is 2.26. The summed E-state index contributed by atoms with van der Waals surface area (Å²) in [5.74, 6) is 0.617. The van der Waals surface area contributed by atoms with E-state index in [9.17, 15) is 0 Å². The van der Waals surface area contributed by atoms with Gasteiger partial charge in [0.2, 0.25) is 5.88 Å². The normalized spacial score (nSPS) is 10.8. The molecule has 0 spiro atoms. The van der Waals surface area contributed by atoms with Gasteiger partial charge < -0.3 is 4.74 Å². The molecule has 2 heterocycles. The van der Waals surface area contributed by atoms with Crippen LogP contribution in [0.4, 0.5) is 0 Å². The molecule has 0 bridgehead atoms. The molecule has 0 aliphatic heterocycles. The second-order valence-corrected chi connectivity index (χ2v) is 4.38. The van der Waals surface area contributed by atoms with Crippen LogP contribution in [-0.4, -0.2) is 21.2 Å². The number of hydrogen-bond donors (Lipinski definition) is 0. The van der Waals surface area contributed by atoms with Gasteiger partial charge >= 0.3 is 0 Å². The number of rotatable bonds is 3. The van der Waals surface area contributed by atoms with E-state index in [4.69, 9.17) is 16.3 Å². The van der Waals surface area contributed by atoms with Gasteiger partial charge in [0.25, 0.3) is 0 Å². The van der Waals surface area contributed by atoms with Gasteiger partial charge in [-0.1, -0.05) is 41.9 Å². The van der Waals surface area contributed by atoms with Gasteiger partial charge in [0.15, 0.2) is 5.65 Å². The number of ether oxygens (including phenoxy) is 1. The number of nitrogens with zero attached hydrogens (tertiary/aromatic N) is 3. The van der Waals surface area contributed by atoms with Crippen LogP contribution in [0.25, 0.3) is 16.9 Å². The van der Waals surface area contributed by atoms with Gasteiger partial charge in [0.05, 0.1) is 6.61 Å². The molecule has 0 N–H and O–H groups in total. The van der Waals surface area contributed by atoms with Crippen LogP contribution in [-0.2, 0) is 0 Å². The van der Waals surface area contributed by atoms with Crippen molar-refractivity contribution in [3.8, 4) is 17.1 Å². The fourth-order valence-corrected chi connectivity index (χ4v) is 2.08. The molecule has 1 aromatic carbocycles. The molecule has 0 saturated carbocycles. The lowest BCUT2D eigenvalue weighted by Crippen LogP contribution is -1.99. The fraction of sp³-hybridized carbons (Fsp3) is 0.143. The number of imidazole rings is 1. The summed E-state index contributed by atoms with van der Waals surface area (Å²) in [6, 6.07) is 13.4. The summed E-state index contributed by atoms with van der Waals surface area (Å²) in [5, 5.41) is 4.64. The van der Waals surface area contributed by atoms with Crippen molar-refractivity contribution in [3.05, 3.63) is 47.6 Å².